The van der Waals surface area contributed by atoms with Crippen LogP contribution in [0.2, 0.25) is 0 Å². The van der Waals surface area contributed by atoms with Gasteiger partial charge >= 0.3 is 0 Å². The second-order valence-electron chi connectivity index (χ2n) is 4.81. The summed E-state index contributed by atoms with van der Waals surface area (Å²) in [5.41, 5.74) is 0. The maximum atomic E-state index is 11.2. The van der Waals surface area contributed by atoms with Crippen molar-refractivity contribution in [3.8, 4) is 0 Å². The second kappa shape index (κ2) is 5.22. The van der Waals surface area contributed by atoms with Crippen molar-refractivity contribution in [1.82, 2.24) is 5.32 Å². The van der Waals surface area contributed by atoms with Crippen LogP contribution in [0.1, 0.15) is 20.3 Å². The van der Waals surface area contributed by atoms with Gasteiger partial charge in [0.1, 0.15) is 0 Å². The van der Waals surface area contributed by atoms with Crippen LogP contribution in [0.15, 0.2) is 0 Å². The van der Waals surface area contributed by atoms with Crippen molar-refractivity contribution < 1.29 is 9.28 Å². The van der Waals surface area contributed by atoms with E-state index in [1.165, 1.54) is 0 Å². The fourth-order valence-corrected chi connectivity index (χ4v) is 0.969. The predicted octanol–water partition coefficient (Wildman–Crippen LogP) is 0.855. The highest BCUT2D eigenvalue weighted by Gasteiger charge is 2.08. The molecule has 0 aromatic rings. The number of carbonyl (C=O) groups excluding carboxylic acids is 1. The Morgan fingerprint density at radius 3 is 2.23 bits per heavy atom. The summed E-state index contributed by atoms with van der Waals surface area (Å²) >= 11 is 0. The first kappa shape index (κ1) is 12.4. The van der Waals surface area contributed by atoms with Crippen LogP contribution in [-0.2, 0) is 4.79 Å². The Balaban J connectivity index is 3.42. The molecule has 0 aliphatic heterocycles. The number of nitrogens with zero attached hydrogens (tertiary/aromatic N) is 1. The summed E-state index contributed by atoms with van der Waals surface area (Å²) in [6, 6.07) is 0. The fraction of sp³-hybridized carbons (Fsp3) is 0.900. The highest BCUT2D eigenvalue weighted by Crippen LogP contribution is 1.94. The summed E-state index contributed by atoms with van der Waals surface area (Å²) in [7, 11) is 6.47. The van der Waals surface area contributed by atoms with Crippen LogP contribution < -0.4 is 5.32 Å². The largest absolute Gasteiger partial charge is 0.356 e. The normalized spacial score (nSPS) is 11.8. The molecule has 0 aliphatic carbocycles. The van der Waals surface area contributed by atoms with E-state index in [1.54, 1.807) is 0 Å². The van der Waals surface area contributed by atoms with Gasteiger partial charge < -0.3 is 9.80 Å². The van der Waals surface area contributed by atoms with E-state index in [4.69, 9.17) is 0 Å². The second-order valence-corrected chi connectivity index (χ2v) is 4.81. The maximum Gasteiger partial charge on any atom is 0.222 e. The van der Waals surface area contributed by atoms with Crippen molar-refractivity contribution in [3.05, 3.63) is 0 Å². The molecule has 1 amide bonds. The molecule has 0 saturated heterocycles. The number of amides is 1. The summed E-state index contributed by atoms with van der Waals surface area (Å²) in [5.74, 6) is 0.255. The van der Waals surface area contributed by atoms with Gasteiger partial charge in [-0.25, -0.2) is 0 Å². The van der Waals surface area contributed by atoms with Crippen molar-refractivity contribution in [2.75, 3.05) is 34.2 Å². The molecule has 3 heteroatoms. The first-order valence-corrected chi connectivity index (χ1v) is 4.91. The van der Waals surface area contributed by atoms with Gasteiger partial charge in [-0.05, 0) is 0 Å². The lowest BCUT2D eigenvalue weighted by Gasteiger charge is -2.23. The van der Waals surface area contributed by atoms with Crippen LogP contribution in [0.5, 0.6) is 0 Å². The zero-order valence-corrected chi connectivity index (χ0v) is 9.55. The lowest BCUT2D eigenvalue weighted by molar-refractivity contribution is -0.870. The van der Waals surface area contributed by atoms with Crippen LogP contribution in [0.4, 0.5) is 0 Å². The molecule has 0 radical (unpaired) electrons. The molecule has 0 aromatic carbocycles. The minimum absolute atomic E-state index is 0.101. The number of hydrogen-bond acceptors (Lipinski definition) is 1. The Bertz CT molecular complexity index is 159. The van der Waals surface area contributed by atoms with E-state index in [0.717, 1.165) is 24.0 Å². The molecule has 0 saturated carbocycles. The van der Waals surface area contributed by atoms with E-state index in [1.807, 2.05) is 13.8 Å². The molecule has 1 N–H and O–H groups in total. The molecule has 0 aromatic heterocycles. The summed E-state index contributed by atoms with van der Waals surface area (Å²) in [6.07, 6.45) is 1.04. The predicted molar refractivity (Wildman–Crippen MR) is 55.4 cm³/mol. The molecule has 0 rings (SSSR count). The van der Waals surface area contributed by atoms with Crippen molar-refractivity contribution in [2.45, 2.75) is 20.3 Å². The molecule has 78 valence electrons. The highest BCUT2D eigenvalue weighted by molar-refractivity contribution is 5.77. The zero-order valence-electron chi connectivity index (χ0n) is 9.55. The SMILES string of the molecule is CC(C)C(=O)NCCC[N+](C)(C)C. The third-order valence-electron chi connectivity index (χ3n) is 1.83. The van der Waals surface area contributed by atoms with Crippen LogP contribution in [0.25, 0.3) is 0 Å². The number of rotatable bonds is 5. The third-order valence-corrected chi connectivity index (χ3v) is 1.83. The van der Waals surface area contributed by atoms with Crippen LogP contribution in [0, 0.1) is 5.92 Å². The van der Waals surface area contributed by atoms with Gasteiger partial charge in [-0.3, -0.25) is 4.79 Å². The molecule has 0 bridgehead atoms. The smallest absolute Gasteiger partial charge is 0.222 e. The van der Waals surface area contributed by atoms with Crippen molar-refractivity contribution in [3.63, 3.8) is 0 Å². The third kappa shape index (κ3) is 7.78. The Hall–Kier alpha value is -0.570. The molecular formula is C10H23N2O+. The molecule has 0 fully saturated rings. The first-order chi connectivity index (χ1) is 5.83. The van der Waals surface area contributed by atoms with Crippen LogP contribution in [0.3, 0.4) is 0 Å². The minimum atomic E-state index is 0.101. The summed E-state index contributed by atoms with van der Waals surface area (Å²) in [5, 5.41) is 2.91. The molecule has 0 heterocycles. The summed E-state index contributed by atoms with van der Waals surface area (Å²) in [6.45, 7) is 5.72. The van der Waals surface area contributed by atoms with E-state index < -0.39 is 0 Å². The lowest BCUT2D eigenvalue weighted by Crippen LogP contribution is -2.38. The Morgan fingerprint density at radius 1 is 1.31 bits per heavy atom. The van der Waals surface area contributed by atoms with Crippen molar-refractivity contribution in [2.24, 2.45) is 5.92 Å². The van der Waals surface area contributed by atoms with E-state index in [2.05, 4.69) is 26.5 Å². The molecule has 13 heavy (non-hydrogen) atoms. The first-order valence-electron chi connectivity index (χ1n) is 4.91. The van der Waals surface area contributed by atoms with Gasteiger partial charge in [-0.15, -0.1) is 0 Å². The Kier molecular flexibility index (Phi) is 4.99. The van der Waals surface area contributed by atoms with Crippen molar-refractivity contribution >= 4 is 5.91 Å². The molecular weight excluding hydrogens is 164 g/mol. The number of hydrogen-bond donors (Lipinski definition) is 1. The van der Waals surface area contributed by atoms with Gasteiger partial charge in [0.05, 0.1) is 27.7 Å². The van der Waals surface area contributed by atoms with E-state index in [9.17, 15) is 4.79 Å². The Labute approximate surface area is 81.7 Å². The summed E-state index contributed by atoms with van der Waals surface area (Å²) in [4.78, 5) is 11.2. The van der Waals surface area contributed by atoms with E-state index >= 15 is 0 Å². The summed E-state index contributed by atoms with van der Waals surface area (Å²) < 4.78 is 0.956. The van der Waals surface area contributed by atoms with Gasteiger partial charge in [0.15, 0.2) is 0 Å². The fourth-order valence-electron chi connectivity index (χ4n) is 0.969. The van der Waals surface area contributed by atoms with E-state index in [-0.39, 0.29) is 11.8 Å². The van der Waals surface area contributed by atoms with Gasteiger partial charge in [-0.2, -0.15) is 0 Å². The quantitative estimate of drug-likeness (QED) is 0.502. The van der Waals surface area contributed by atoms with Gasteiger partial charge in [0.25, 0.3) is 0 Å². The van der Waals surface area contributed by atoms with Gasteiger partial charge in [-0.1, -0.05) is 13.8 Å². The number of nitrogens with one attached hydrogen (secondary N) is 1. The maximum absolute atomic E-state index is 11.2. The molecule has 0 unspecified atom stereocenters. The zero-order chi connectivity index (χ0) is 10.5. The van der Waals surface area contributed by atoms with Crippen LogP contribution >= 0.6 is 0 Å². The van der Waals surface area contributed by atoms with Crippen LogP contribution in [-0.4, -0.2) is 44.6 Å². The average Bonchev–Trinajstić information content (AvgIpc) is 1.95. The standard InChI is InChI=1S/C10H22N2O/c1-9(2)10(13)11-7-6-8-12(3,4)5/h9H,6-8H2,1-5H3/p+1. The van der Waals surface area contributed by atoms with Gasteiger partial charge in [0.2, 0.25) is 5.91 Å². The Morgan fingerprint density at radius 2 is 1.85 bits per heavy atom. The molecule has 0 spiro atoms. The molecule has 0 aliphatic rings. The monoisotopic (exact) mass is 187 g/mol. The van der Waals surface area contributed by atoms with E-state index in [0.29, 0.717) is 0 Å². The number of quaternary nitrogens is 1. The lowest BCUT2D eigenvalue weighted by atomic mass is 10.2. The average molecular weight is 187 g/mol. The topological polar surface area (TPSA) is 29.1 Å². The van der Waals surface area contributed by atoms with Gasteiger partial charge in [0, 0.05) is 18.9 Å². The molecule has 0 atom stereocenters. The number of carbonyl (C=O) groups is 1. The highest BCUT2D eigenvalue weighted by atomic mass is 16.1. The minimum Gasteiger partial charge on any atom is -0.356 e. The van der Waals surface area contributed by atoms with Crippen molar-refractivity contribution in [1.29, 1.82) is 0 Å². The molecule has 3 nitrogen and oxygen atoms in total.